The molecule has 6 nitrogen and oxygen atoms in total. The van der Waals surface area contributed by atoms with Crippen molar-refractivity contribution in [3.8, 4) is 0 Å². The molecule has 0 fully saturated rings. The Labute approximate surface area is 143 Å². The van der Waals surface area contributed by atoms with Crippen LogP contribution in [0.1, 0.15) is 21.6 Å². The number of aromatic nitrogens is 3. The second kappa shape index (κ2) is 7.04. The van der Waals surface area contributed by atoms with E-state index < -0.39 is 5.91 Å². The van der Waals surface area contributed by atoms with Crippen LogP contribution in [0.25, 0.3) is 0 Å². The van der Waals surface area contributed by atoms with Gasteiger partial charge < -0.3 is 5.32 Å². The van der Waals surface area contributed by atoms with E-state index in [2.05, 4.69) is 15.4 Å². The number of anilines is 1. The molecule has 0 atom stereocenters. The van der Waals surface area contributed by atoms with Crippen molar-refractivity contribution in [2.75, 3.05) is 5.32 Å². The number of benzene rings is 1. The predicted octanol–water partition coefficient (Wildman–Crippen LogP) is 2.16. The van der Waals surface area contributed by atoms with Crippen LogP contribution in [-0.4, -0.2) is 20.7 Å². The third kappa shape index (κ3) is 4.14. The number of rotatable bonds is 4. The van der Waals surface area contributed by atoms with Gasteiger partial charge in [-0.05, 0) is 41.8 Å². The molecule has 7 heteroatoms. The smallest absolute Gasteiger partial charge is 0.275 e. The van der Waals surface area contributed by atoms with Crippen molar-refractivity contribution in [1.29, 1.82) is 0 Å². The van der Waals surface area contributed by atoms with Crippen LogP contribution in [-0.2, 0) is 13.5 Å². The number of nitrogens with one attached hydrogen (secondary N) is 1. The van der Waals surface area contributed by atoms with Crippen LogP contribution in [0.3, 0.4) is 0 Å². The van der Waals surface area contributed by atoms with Crippen LogP contribution in [0.4, 0.5) is 10.2 Å². The topological polar surface area (TPSA) is 76.9 Å². The first-order valence-electron chi connectivity index (χ1n) is 7.56. The molecule has 2 aromatic heterocycles. The standard InChI is InChI=1S/C18H15FN4O2/c1-23-17(24)8-7-16(22-23)21-18(25)15-6-5-13(11-20-15)9-12-3-2-4-14(19)10-12/h2-8,10-11H,9H2,1H3,(H,21,22,25). The highest BCUT2D eigenvalue weighted by Gasteiger charge is 2.09. The zero-order chi connectivity index (χ0) is 17.8. The summed E-state index contributed by atoms with van der Waals surface area (Å²) in [7, 11) is 1.50. The first-order chi connectivity index (χ1) is 12.0. The number of carbonyl (C=O) groups is 1. The lowest BCUT2D eigenvalue weighted by Gasteiger charge is -2.06. The summed E-state index contributed by atoms with van der Waals surface area (Å²) in [6.07, 6.45) is 2.10. The highest BCUT2D eigenvalue weighted by molar-refractivity contribution is 6.02. The van der Waals surface area contributed by atoms with Crippen molar-refractivity contribution >= 4 is 11.7 Å². The van der Waals surface area contributed by atoms with Gasteiger partial charge in [-0.25, -0.2) is 9.07 Å². The van der Waals surface area contributed by atoms with Gasteiger partial charge in [-0.15, -0.1) is 0 Å². The second-order valence-electron chi connectivity index (χ2n) is 5.49. The van der Waals surface area contributed by atoms with Gasteiger partial charge in [0.05, 0.1) is 0 Å². The second-order valence-corrected chi connectivity index (χ2v) is 5.49. The van der Waals surface area contributed by atoms with E-state index >= 15 is 0 Å². The average Bonchev–Trinajstić information content (AvgIpc) is 2.59. The molecule has 0 radical (unpaired) electrons. The van der Waals surface area contributed by atoms with E-state index in [9.17, 15) is 14.0 Å². The van der Waals surface area contributed by atoms with Crippen LogP contribution in [0.2, 0.25) is 0 Å². The molecule has 0 saturated heterocycles. The molecule has 25 heavy (non-hydrogen) atoms. The van der Waals surface area contributed by atoms with Crippen molar-refractivity contribution < 1.29 is 9.18 Å². The monoisotopic (exact) mass is 338 g/mol. The highest BCUT2D eigenvalue weighted by Crippen LogP contribution is 2.11. The van der Waals surface area contributed by atoms with Crippen LogP contribution in [0.15, 0.2) is 59.5 Å². The molecule has 0 saturated carbocycles. The van der Waals surface area contributed by atoms with E-state index in [0.29, 0.717) is 6.42 Å². The minimum atomic E-state index is -0.427. The molecule has 3 aromatic rings. The van der Waals surface area contributed by atoms with Crippen molar-refractivity contribution in [3.63, 3.8) is 0 Å². The summed E-state index contributed by atoms with van der Waals surface area (Å²) in [4.78, 5) is 27.6. The molecular formula is C18H15FN4O2. The largest absolute Gasteiger partial charge is 0.304 e. The van der Waals surface area contributed by atoms with Gasteiger partial charge in [-0.3, -0.25) is 14.6 Å². The Morgan fingerprint density at radius 2 is 2.00 bits per heavy atom. The highest BCUT2D eigenvalue weighted by atomic mass is 19.1. The SMILES string of the molecule is Cn1nc(NC(=O)c2ccc(Cc3cccc(F)c3)cn2)ccc1=O. The Kier molecular flexibility index (Phi) is 4.65. The molecule has 0 unspecified atom stereocenters. The van der Waals surface area contributed by atoms with Gasteiger partial charge in [0.2, 0.25) is 0 Å². The first kappa shape index (κ1) is 16.5. The van der Waals surface area contributed by atoms with Gasteiger partial charge in [0.25, 0.3) is 11.5 Å². The number of aryl methyl sites for hydroxylation is 1. The minimum absolute atomic E-state index is 0.221. The lowest BCUT2D eigenvalue weighted by Crippen LogP contribution is -2.22. The van der Waals surface area contributed by atoms with E-state index in [-0.39, 0.29) is 22.9 Å². The van der Waals surface area contributed by atoms with Crippen molar-refractivity contribution in [3.05, 3.63) is 87.7 Å². The van der Waals surface area contributed by atoms with Crippen LogP contribution >= 0.6 is 0 Å². The van der Waals surface area contributed by atoms with Gasteiger partial charge in [0.15, 0.2) is 5.82 Å². The van der Waals surface area contributed by atoms with Crippen molar-refractivity contribution in [2.24, 2.45) is 7.05 Å². The molecular weight excluding hydrogens is 323 g/mol. The Hall–Kier alpha value is -3.35. The Morgan fingerprint density at radius 1 is 1.16 bits per heavy atom. The van der Waals surface area contributed by atoms with Crippen LogP contribution in [0.5, 0.6) is 0 Å². The lowest BCUT2D eigenvalue weighted by atomic mass is 10.1. The van der Waals surface area contributed by atoms with E-state index in [1.165, 1.54) is 31.3 Å². The van der Waals surface area contributed by atoms with E-state index in [4.69, 9.17) is 0 Å². The molecule has 1 aromatic carbocycles. The molecule has 1 amide bonds. The quantitative estimate of drug-likeness (QED) is 0.791. The molecule has 126 valence electrons. The van der Waals surface area contributed by atoms with Gasteiger partial charge in [-0.2, -0.15) is 5.10 Å². The maximum absolute atomic E-state index is 13.2. The molecule has 0 bridgehead atoms. The molecule has 0 aliphatic carbocycles. The predicted molar refractivity (Wildman–Crippen MR) is 90.9 cm³/mol. The van der Waals surface area contributed by atoms with E-state index in [0.717, 1.165) is 15.8 Å². The molecule has 0 aliphatic rings. The maximum atomic E-state index is 13.2. The summed E-state index contributed by atoms with van der Waals surface area (Å²) in [6.45, 7) is 0. The summed E-state index contributed by atoms with van der Waals surface area (Å²) in [5, 5.41) is 6.51. The summed E-state index contributed by atoms with van der Waals surface area (Å²) in [5.41, 5.74) is 1.65. The van der Waals surface area contributed by atoms with Gasteiger partial charge >= 0.3 is 0 Å². The Bertz CT molecular complexity index is 967. The van der Waals surface area contributed by atoms with Crippen LogP contribution < -0.4 is 10.9 Å². The Morgan fingerprint density at radius 3 is 2.68 bits per heavy atom. The fourth-order valence-electron chi connectivity index (χ4n) is 2.30. The Balaban J connectivity index is 1.69. The normalized spacial score (nSPS) is 10.5. The molecule has 0 aliphatic heterocycles. The third-order valence-electron chi connectivity index (χ3n) is 3.56. The summed E-state index contributed by atoms with van der Waals surface area (Å²) < 4.78 is 14.3. The van der Waals surface area contributed by atoms with E-state index in [1.54, 1.807) is 24.4 Å². The third-order valence-corrected chi connectivity index (χ3v) is 3.56. The van der Waals surface area contributed by atoms with Gasteiger partial charge in [0, 0.05) is 19.3 Å². The summed E-state index contributed by atoms with van der Waals surface area (Å²) >= 11 is 0. The zero-order valence-corrected chi connectivity index (χ0v) is 13.4. The lowest BCUT2D eigenvalue weighted by molar-refractivity contribution is 0.102. The number of amides is 1. The summed E-state index contributed by atoms with van der Waals surface area (Å²) in [6, 6.07) is 12.4. The number of hydrogen-bond donors (Lipinski definition) is 1. The molecule has 2 heterocycles. The van der Waals surface area contributed by atoms with E-state index in [1.807, 2.05) is 6.07 Å². The van der Waals surface area contributed by atoms with Gasteiger partial charge in [0.1, 0.15) is 11.5 Å². The number of carbonyl (C=O) groups excluding carboxylic acids is 1. The number of hydrogen-bond acceptors (Lipinski definition) is 4. The van der Waals surface area contributed by atoms with Crippen molar-refractivity contribution in [1.82, 2.24) is 14.8 Å². The first-order valence-corrected chi connectivity index (χ1v) is 7.56. The van der Waals surface area contributed by atoms with Crippen molar-refractivity contribution in [2.45, 2.75) is 6.42 Å². The van der Waals surface area contributed by atoms with Crippen LogP contribution in [0, 0.1) is 5.82 Å². The molecule has 0 spiro atoms. The fraction of sp³-hybridized carbons (Fsp3) is 0.111. The fourth-order valence-corrected chi connectivity index (χ4v) is 2.30. The zero-order valence-electron chi connectivity index (χ0n) is 13.4. The average molecular weight is 338 g/mol. The van der Waals surface area contributed by atoms with Gasteiger partial charge in [-0.1, -0.05) is 18.2 Å². The molecule has 1 N–H and O–H groups in total. The summed E-state index contributed by atoms with van der Waals surface area (Å²) in [5.74, 6) is -0.451. The number of halogens is 1. The maximum Gasteiger partial charge on any atom is 0.275 e. The number of pyridine rings is 1. The minimum Gasteiger partial charge on any atom is -0.304 e. The number of nitrogens with zero attached hydrogens (tertiary/aromatic N) is 3. The molecule has 3 rings (SSSR count).